The van der Waals surface area contributed by atoms with Crippen LogP contribution in [0.3, 0.4) is 0 Å². The van der Waals surface area contributed by atoms with Crippen LogP contribution in [0.2, 0.25) is 0 Å². The van der Waals surface area contributed by atoms with E-state index in [4.69, 9.17) is 4.55 Å². The van der Waals surface area contributed by atoms with Crippen molar-refractivity contribution in [3.63, 3.8) is 0 Å². The van der Waals surface area contributed by atoms with Crippen molar-refractivity contribution in [1.82, 2.24) is 0 Å². The number of hydrogen-bond donors (Lipinski definition) is 1. The van der Waals surface area contributed by atoms with Gasteiger partial charge in [0.1, 0.15) is 0 Å². The van der Waals surface area contributed by atoms with Crippen molar-refractivity contribution < 1.29 is 13.0 Å². The van der Waals surface area contributed by atoms with Crippen LogP contribution in [0.1, 0.15) is 11.1 Å². The third-order valence-corrected chi connectivity index (χ3v) is 4.15. The van der Waals surface area contributed by atoms with Crippen LogP contribution in [-0.2, 0) is 16.5 Å². The van der Waals surface area contributed by atoms with Crippen molar-refractivity contribution in [3.05, 3.63) is 64.1 Å². The van der Waals surface area contributed by atoms with Crippen LogP contribution in [0.25, 0.3) is 0 Å². The SMILES string of the molecule is O=S(=O)(O)c1ccc(Cc2ccccc2)c(Br)c1. The smallest absolute Gasteiger partial charge is 0.282 e. The Balaban J connectivity index is 2.32. The van der Waals surface area contributed by atoms with E-state index in [0.29, 0.717) is 10.9 Å². The molecule has 0 heterocycles. The lowest BCUT2D eigenvalue weighted by molar-refractivity contribution is 0.483. The Bertz CT molecular complexity index is 651. The van der Waals surface area contributed by atoms with Crippen molar-refractivity contribution in [2.45, 2.75) is 11.3 Å². The van der Waals surface area contributed by atoms with Crippen LogP contribution in [-0.4, -0.2) is 13.0 Å². The van der Waals surface area contributed by atoms with Gasteiger partial charge in [-0.15, -0.1) is 0 Å². The number of rotatable bonds is 3. The van der Waals surface area contributed by atoms with E-state index in [1.807, 2.05) is 30.3 Å². The lowest BCUT2D eigenvalue weighted by Gasteiger charge is -2.06. The molecule has 0 amide bonds. The second-order valence-corrected chi connectivity index (χ2v) is 6.17. The summed E-state index contributed by atoms with van der Waals surface area (Å²) in [6.07, 6.45) is 0.702. The Kier molecular flexibility index (Phi) is 3.85. The van der Waals surface area contributed by atoms with Crippen LogP contribution < -0.4 is 0 Å². The monoisotopic (exact) mass is 326 g/mol. The molecule has 0 bridgehead atoms. The van der Waals surface area contributed by atoms with Gasteiger partial charge in [0.2, 0.25) is 0 Å². The minimum atomic E-state index is -4.14. The van der Waals surface area contributed by atoms with Gasteiger partial charge in [0, 0.05) is 4.47 Å². The van der Waals surface area contributed by atoms with E-state index in [2.05, 4.69) is 15.9 Å². The van der Waals surface area contributed by atoms with E-state index < -0.39 is 10.1 Å². The Morgan fingerprint density at radius 1 is 1.06 bits per heavy atom. The average molecular weight is 327 g/mol. The van der Waals surface area contributed by atoms with Gasteiger partial charge in [0.25, 0.3) is 10.1 Å². The summed E-state index contributed by atoms with van der Waals surface area (Å²) in [5.74, 6) is 0. The van der Waals surface area contributed by atoms with Gasteiger partial charge in [-0.1, -0.05) is 52.3 Å². The van der Waals surface area contributed by atoms with Gasteiger partial charge in [0.15, 0.2) is 0 Å². The molecule has 0 atom stereocenters. The van der Waals surface area contributed by atoms with Crippen LogP contribution in [0, 0.1) is 0 Å². The second-order valence-electron chi connectivity index (χ2n) is 3.89. The molecule has 2 aromatic carbocycles. The maximum absolute atomic E-state index is 11.0. The molecule has 0 radical (unpaired) electrons. The quantitative estimate of drug-likeness (QED) is 0.880. The zero-order valence-electron chi connectivity index (χ0n) is 9.38. The summed E-state index contributed by atoms with van der Waals surface area (Å²) in [5.41, 5.74) is 2.10. The van der Waals surface area contributed by atoms with Crippen LogP contribution in [0.15, 0.2) is 57.9 Å². The number of halogens is 1. The van der Waals surface area contributed by atoms with Gasteiger partial charge in [-0.2, -0.15) is 8.42 Å². The van der Waals surface area contributed by atoms with Gasteiger partial charge in [-0.25, -0.2) is 0 Å². The summed E-state index contributed by atoms with van der Waals surface area (Å²) >= 11 is 3.32. The zero-order chi connectivity index (χ0) is 13.2. The Morgan fingerprint density at radius 3 is 2.28 bits per heavy atom. The van der Waals surface area contributed by atoms with Gasteiger partial charge in [-0.05, 0) is 29.7 Å². The van der Waals surface area contributed by atoms with E-state index in [9.17, 15) is 8.42 Å². The molecule has 5 heteroatoms. The molecule has 94 valence electrons. The van der Waals surface area contributed by atoms with Crippen molar-refractivity contribution in [1.29, 1.82) is 0 Å². The molecule has 0 aliphatic carbocycles. The summed E-state index contributed by atoms with van der Waals surface area (Å²) in [4.78, 5) is -0.105. The van der Waals surface area contributed by atoms with E-state index in [-0.39, 0.29) is 4.90 Å². The molecule has 0 aliphatic heterocycles. The van der Waals surface area contributed by atoms with E-state index >= 15 is 0 Å². The predicted molar refractivity (Wildman–Crippen MR) is 73.2 cm³/mol. The minimum absolute atomic E-state index is 0.105. The number of benzene rings is 2. The summed E-state index contributed by atoms with van der Waals surface area (Å²) < 4.78 is 31.6. The van der Waals surface area contributed by atoms with Crippen molar-refractivity contribution in [2.24, 2.45) is 0 Å². The molecule has 0 aliphatic rings. The maximum atomic E-state index is 11.0. The lowest BCUT2D eigenvalue weighted by atomic mass is 10.1. The largest absolute Gasteiger partial charge is 0.294 e. The third kappa shape index (κ3) is 3.19. The summed E-state index contributed by atoms with van der Waals surface area (Å²) in [7, 11) is -4.14. The molecule has 1 N–H and O–H groups in total. The third-order valence-electron chi connectivity index (χ3n) is 2.56. The minimum Gasteiger partial charge on any atom is -0.282 e. The molecular weight excluding hydrogens is 316 g/mol. The predicted octanol–water partition coefficient (Wildman–Crippen LogP) is 3.29. The highest BCUT2D eigenvalue weighted by molar-refractivity contribution is 9.10. The molecule has 18 heavy (non-hydrogen) atoms. The molecule has 0 saturated heterocycles. The lowest BCUT2D eigenvalue weighted by Crippen LogP contribution is -1.99. The standard InChI is InChI=1S/C13H11BrO3S/c14-13-9-12(18(15,16)17)7-6-11(13)8-10-4-2-1-3-5-10/h1-7,9H,8H2,(H,15,16,17). The average Bonchev–Trinajstić information content (AvgIpc) is 2.32. The van der Waals surface area contributed by atoms with Gasteiger partial charge >= 0.3 is 0 Å². The van der Waals surface area contributed by atoms with Gasteiger partial charge in [-0.3, -0.25) is 4.55 Å². The first-order chi connectivity index (χ1) is 8.47. The Labute approximate surface area is 114 Å². The zero-order valence-corrected chi connectivity index (χ0v) is 11.8. The van der Waals surface area contributed by atoms with E-state index in [0.717, 1.165) is 11.1 Å². The van der Waals surface area contributed by atoms with Crippen LogP contribution >= 0.6 is 15.9 Å². The van der Waals surface area contributed by atoms with Crippen LogP contribution in [0.4, 0.5) is 0 Å². The highest BCUT2D eigenvalue weighted by atomic mass is 79.9. The Morgan fingerprint density at radius 2 is 1.72 bits per heavy atom. The normalized spacial score (nSPS) is 11.4. The first-order valence-electron chi connectivity index (χ1n) is 5.26. The van der Waals surface area contributed by atoms with Crippen molar-refractivity contribution >= 4 is 26.0 Å². The van der Waals surface area contributed by atoms with Gasteiger partial charge < -0.3 is 0 Å². The molecule has 0 spiro atoms. The topological polar surface area (TPSA) is 54.4 Å². The van der Waals surface area contributed by atoms with Crippen molar-refractivity contribution in [2.75, 3.05) is 0 Å². The van der Waals surface area contributed by atoms with Gasteiger partial charge in [0.05, 0.1) is 4.90 Å². The van der Waals surface area contributed by atoms with Crippen molar-refractivity contribution in [3.8, 4) is 0 Å². The molecule has 3 nitrogen and oxygen atoms in total. The van der Waals surface area contributed by atoms with E-state index in [1.54, 1.807) is 6.07 Å². The summed E-state index contributed by atoms with van der Waals surface area (Å²) in [5, 5.41) is 0. The molecule has 2 rings (SSSR count). The molecule has 0 unspecified atom stereocenters. The molecule has 0 saturated carbocycles. The second kappa shape index (κ2) is 5.22. The number of hydrogen-bond acceptors (Lipinski definition) is 2. The van der Waals surface area contributed by atoms with E-state index in [1.165, 1.54) is 12.1 Å². The fraction of sp³-hybridized carbons (Fsp3) is 0.0769. The highest BCUT2D eigenvalue weighted by Crippen LogP contribution is 2.23. The highest BCUT2D eigenvalue weighted by Gasteiger charge is 2.11. The maximum Gasteiger partial charge on any atom is 0.294 e. The molecular formula is C13H11BrO3S. The Hall–Kier alpha value is -1.17. The fourth-order valence-corrected chi connectivity index (χ4v) is 2.82. The first kappa shape index (κ1) is 13.3. The molecule has 0 fully saturated rings. The fourth-order valence-electron chi connectivity index (χ4n) is 1.65. The summed E-state index contributed by atoms with van der Waals surface area (Å²) in [6, 6.07) is 14.4. The summed E-state index contributed by atoms with van der Waals surface area (Å²) in [6.45, 7) is 0. The first-order valence-corrected chi connectivity index (χ1v) is 7.50. The molecule has 2 aromatic rings. The molecule has 0 aromatic heterocycles. The van der Waals surface area contributed by atoms with Crippen LogP contribution in [0.5, 0.6) is 0 Å².